The third-order valence-corrected chi connectivity index (χ3v) is 5.01. The summed E-state index contributed by atoms with van der Waals surface area (Å²) in [7, 11) is 0. The van der Waals surface area contributed by atoms with Gasteiger partial charge in [-0.2, -0.15) is 0 Å². The second-order valence-corrected chi connectivity index (χ2v) is 6.72. The molecule has 0 aliphatic heterocycles. The van der Waals surface area contributed by atoms with Gasteiger partial charge in [0.2, 0.25) is 5.91 Å². The second-order valence-electron chi connectivity index (χ2n) is 6.72. The number of hydrogen-bond donors (Lipinski definition) is 2. The van der Waals surface area contributed by atoms with E-state index in [-0.39, 0.29) is 11.9 Å². The van der Waals surface area contributed by atoms with Crippen molar-refractivity contribution in [2.24, 2.45) is 0 Å². The van der Waals surface area contributed by atoms with Crippen LogP contribution in [0.4, 0.5) is 0 Å². The van der Waals surface area contributed by atoms with E-state index < -0.39 is 0 Å². The summed E-state index contributed by atoms with van der Waals surface area (Å²) in [6.07, 6.45) is 11.2. The fraction of sp³-hybridized carbons (Fsp3) is 0.368. The maximum atomic E-state index is 12.5. The number of aromatic nitrogens is 3. The smallest absolute Gasteiger partial charge is 0.224 e. The van der Waals surface area contributed by atoms with E-state index in [0.717, 1.165) is 35.7 Å². The van der Waals surface area contributed by atoms with Gasteiger partial charge in [0.1, 0.15) is 0 Å². The van der Waals surface area contributed by atoms with Gasteiger partial charge in [-0.3, -0.25) is 4.79 Å². The van der Waals surface area contributed by atoms with Crippen LogP contribution in [-0.2, 0) is 11.2 Å². The molecule has 1 amide bonds. The van der Waals surface area contributed by atoms with Gasteiger partial charge in [0, 0.05) is 35.5 Å². The summed E-state index contributed by atoms with van der Waals surface area (Å²) in [5.74, 6) is 0.0912. The van der Waals surface area contributed by atoms with Crippen LogP contribution < -0.4 is 5.32 Å². The number of imidazole rings is 1. The molecule has 1 aromatic carbocycles. The molecule has 1 aliphatic rings. The predicted octanol–water partition coefficient (Wildman–Crippen LogP) is 3.13. The fourth-order valence-corrected chi connectivity index (χ4v) is 3.81. The van der Waals surface area contributed by atoms with Crippen molar-refractivity contribution in [2.45, 2.75) is 44.7 Å². The Morgan fingerprint density at radius 3 is 3.17 bits per heavy atom. The number of fused-ring (bicyclic) bond motifs is 1. The molecule has 2 heterocycles. The van der Waals surface area contributed by atoms with Gasteiger partial charge in [-0.1, -0.05) is 12.1 Å². The van der Waals surface area contributed by atoms with E-state index in [1.54, 1.807) is 6.20 Å². The number of carbonyl (C=O) groups is 1. The first-order chi connectivity index (χ1) is 11.7. The minimum Gasteiger partial charge on any atom is -0.361 e. The molecule has 0 spiro atoms. The van der Waals surface area contributed by atoms with E-state index in [1.807, 2.05) is 18.7 Å². The second kappa shape index (κ2) is 6.15. The largest absolute Gasteiger partial charge is 0.361 e. The Hall–Kier alpha value is -2.56. The van der Waals surface area contributed by atoms with E-state index in [4.69, 9.17) is 0 Å². The Morgan fingerprint density at radius 2 is 2.33 bits per heavy atom. The summed E-state index contributed by atoms with van der Waals surface area (Å²) in [6.45, 7) is 2.07. The lowest BCUT2D eigenvalue weighted by atomic mass is 10.1. The van der Waals surface area contributed by atoms with E-state index in [2.05, 4.69) is 45.0 Å². The molecule has 1 saturated carbocycles. The Balaban J connectivity index is 1.46. The third-order valence-electron chi connectivity index (χ3n) is 5.01. The summed E-state index contributed by atoms with van der Waals surface area (Å²) in [5.41, 5.74) is 3.36. The lowest BCUT2D eigenvalue weighted by molar-refractivity contribution is -0.121. The Bertz CT molecular complexity index is 850. The first kappa shape index (κ1) is 15.0. The summed E-state index contributed by atoms with van der Waals surface area (Å²) in [5, 5.41) is 4.36. The minimum absolute atomic E-state index is 0.0912. The van der Waals surface area contributed by atoms with Crippen LogP contribution in [0.15, 0.2) is 43.1 Å². The lowest BCUT2D eigenvalue weighted by Crippen LogP contribution is -2.38. The number of aromatic amines is 1. The van der Waals surface area contributed by atoms with Crippen LogP contribution in [-0.4, -0.2) is 26.5 Å². The first-order valence-corrected chi connectivity index (χ1v) is 8.54. The quantitative estimate of drug-likeness (QED) is 0.775. The van der Waals surface area contributed by atoms with Crippen molar-refractivity contribution in [3.63, 3.8) is 0 Å². The maximum absolute atomic E-state index is 12.5. The van der Waals surface area contributed by atoms with Crippen LogP contribution >= 0.6 is 0 Å². The molecule has 5 nitrogen and oxygen atoms in total. The molecule has 3 aromatic rings. The normalized spacial score (nSPS) is 20.5. The molecular formula is C19H22N4O. The number of amides is 1. The lowest BCUT2D eigenvalue weighted by Gasteiger charge is -2.22. The van der Waals surface area contributed by atoms with Gasteiger partial charge in [0.25, 0.3) is 0 Å². The maximum Gasteiger partial charge on any atom is 0.224 e. The van der Waals surface area contributed by atoms with Gasteiger partial charge in [0.15, 0.2) is 0 Å². The molecule has 0 radical (unpaired) electrons. The zero-order chi connectivity index (χ0) is 16.5. The first-order valence-electron chi connectivity index (χ1n) is 8.54. The van der Waals surface area contributed by atoms with Crippen LogP contribution in [0.3, 0.4) is 0 Å². The highest BCUT2D eigenvalue weighted by molar-refractivity contribution is 5.89. The monoisotopic (exact) mass is 322 g/mol. The number of nitrogens with zero attached hydrogens (tertiary/aromatic N) is 2. The standard InChI is InChI=1S/C19H22N4O/c1-13-5-6-15-14(11-21-17(15)9-13)10-19(24)22-16-3-2-4-18(16)23-8-7-20-12-23/h5-9,11-12,16,18,21H,2-4,10H2,1H3,(H,22,24)/t16-,18-/m0/s1. The topological polar surface area (TPSA) is 62.7 Å². The number of H-pyrrole nitrogens is 1. The summed E-state index contributed by atoms with van der Waals surface area (Å²) in [4.78, 5) is 19.9. The number of carbonyl (C=O) groups excluding carboxylic acids is 1. The Morgan fingerprint density at radius 1 is 1.42 bits per heavy atom. The van der Waals surface area contributed by atoms with Crippen molar-refractivity contribution >= 4 is 16.8 Å². The number of aryl methyl sites for hydroxylation is 1. The average molecular weight is 322 g/mol. The van der Waals surface area contributed by atoms with Gasteiger partial charge in [-0.05, 0) is 43.4 Å². The van der Waals surface area contributed by atoms with Crippen molar-refractivity contribution in [1.82, 2.24) is 19.9 Å². The molecule has 0 saturated heterocycles. The van der Waals surface area contributed by atoms with E-state index in [1.165, 1.54) is 5.56 Å². The Labute approximate surface area is 141 Å². The fourth-order valence-electron chi connectivity index (χ4n) is 3.81. The van der Waals surface area contributed by atoms with Crippen molar-refractivity contribution in [2.75, 3.05) is 0 Å². The van der Waals surface area contributed by atoms with E-state index >= 15 is 0 Å². The molecule has 5 heteroatoms. The van der Waals surface area contributed by atoms with Crippen LogP contribution in [0.2, 0.25) is 0 Å². The van der Waals surface area contributed by atoms with Gasteiger partial charge < -0.3 is 14.9 Å². The zero-order valence-corrected chi connectivity index (χ0v) is 13.8. The number of rotatable bonds is 4. The third kappa shape index (κ3) is 2.82. The number of benzene rings is 1. The highest BCUT2D eigenvalue weighted by Crippen LogP contribution is 2.30. The highest BCUT2D eigenvalue weighted by Gasteiger charge is 2.29. The molecule has 4 rings (SSSR count). The molecular weight excluding hydrogens is 300 g/mol. The van der Waals surface area contributed by atoms with Crippen molar-refractivity contribution < 1.29 is 4.79 Å². The van der Waals surface area contributed by atoms with Crippen molar-refractivity contribution in [1.29, 1.82) is 0 Å². The van der Waals surface area contributed by atoms with E-state index in [0.29, 0.717) is 12.5 Å². The summed E-state index contributed by atoms with van der Waals surface area (Å²) >= 11 is 0. The number of hydrogen-bond acceptors (Lipinski definition) is 2. The molecule has 0 unspecified atom stereocenters. The molecule has 124 valence electrons. The molecule has 1 aliphatic carbocycles. The molecule has 2 aromatic heterocycles. The van der Waals surface area contributed by atoms with Gasteiger partial charge in [-0.15, -0.1) is 0 Å². The summed E-state index contributed by atoms with van der Waals surface area (Å²) < 4.78 is 2.12. The highest BCUT2D eigenvalue weighted by atomic mass is 16.1. The molecule has 2 atom stereocenters. The van der Waals surface area contributed by atoms with Crippen LogP contribution in [0.1, 0.15) is 36.4 Å². The zero-order valence-electron chi connectivity index (χ0n) is 13.8. The minimum atomic E-state index is 0.0912. The van der Waals surface area contributed by atoms with Crippen LogP contribution in [0.5, 0.6) is 0 Å². The van der Waals surface area contributed by atoms with E-state index in [9.17, 15) is 4.79 Å². The predicted molar refractivity (Wildman–Crippen MR) is 93.8 cm³/mol. The van der Waals surface area contributed by atoms with Crippen molar-refractivity contribution in [3.05, 3.63) is 54.2 Å². The molecule has 24 heavy (non-hydrogen) atoms. The van der Waals surface area contributed by atoms with Gasteiger partial charge in [0.05, 0.1) is 18.8 Å². The molecule has 0 bridgehead atoms. The SMILES string of the molecule is Cc1ccc2c(CC(=O)N[C@H]3CCC[C@@H]3n3ccnc3)c[nH]c2c1. The summed E-state index contributed by atoms with van der Waals surface area (Å²) in [6, 6.07) is 6.81. The van der Waals surface area contributed by atoms with Crippen LogP contribution in [0.25, 0.3) is 10.9 Å². The van der Waals surface area contributed by atoms with Crippen LogP contribution in [0, 0.1) is 6.92 Å². The average Bonchev–Trinajstić information content (AvgIpc) is 3.28. The van der Waals surface area contributed by atoms with Gasteiger partial charge >= 0.3 is 0 Å². The number of nitrogens with one attached hydrogen (secondary N) is 2. The molecule has 1 fully saturated rings. The molecule has 2 N–H and O–H groups in total. The van der Waals surface area contributed by atoms with Crippen molar-refractivity contribution in [3.8, 4) is 0 Å². The Kier molecular flexibility index (Phi) is 3.84. The van der Waals surface area contributed by atoms with Gasteiger partial charge in [-0.25, -0.2) is 4.98 Å².